The molecule has 1 aromatic carbocycles. The van der Waals surface area contributed by atoms with Crippen LogP contribution < -0.4 is 10.5 Å². The predicted octanol–water partition coefficient (Wildman–Crippen LogP) is 3.95. The van der Waals surface area contributed by atoms with E-state index in [9.17, 15) is 13.2 Å². The summed E-state index contributed by atoms with van der Waals surface area (Å²) in [5.74, 6) is -0.254. The van der Waals surface area contributed by atoms with E-state index in [1.165, 1.54) is 24.5 Å². The van der Waals surface area contributed by atoms with Gasteiger partial charge >= 0.3 is 6.36 Å². The van der Waals surface area contributed by atoms with Crippen LogP contribution in [-0.4, -0.2) is 11.3 Å². The molecule has 0 aliphatic heterocycles. The van der Waals surface area contributed by atoms with Gasteiger partial charge in [0.1, 0.15) is 5.75 Å². The van der Waals surface area contributed by atoms with Crippen LogP contribution in [0.15, 0.2) is 42.7 Å². The molecule has 0 unspecified atom stereocenters. The molecule has 0 atom stereocenters. The first-order chi connectivity index (χ1) is 9.01. The van der Waals surface area contributed by atoms with Crippen molar-refractivity contribution >= 4 is 24.8 Å². The van der Waals surface area contributed by atoms with Crippen LogP contribution in [0.2, 0.25) is 0 Å². The molecule has 0 fully saturated rings. The Morgan fingerprint density at radius 2 is 1.71 bits per heavy atom. The Kier molecular flexibility index (Phi) is 7.49. The highest BCUT2D eigenvalue weighted by atomic mass is 35.5. The van der Waals surface area contributed by atoms with Crippen molar-refractivity contribution in [2.24, 2.45) is 5.73 Å². The summed E-state index contributed by atoms with van der Waals surface area (Å²) in [5, 5.41) is 0. The van der Waals surface area contributed by atoms with Crippen LogP contribution in [0.1, 0.15) is 5.56 Å². The van der Waals surface area contributed by atoms with E-state index in [4.69, 9.17) is 5.73 Å². The van der Waals surface area contributed by atoms with E-state index in [1.54, 1.807) is 18.2 Å². The number of rotatable bonds is 3. The molecule has 0 radical (unpaired) electrons. The van der Waals surface area contributed by atoms with Crippen LogP contribution in [0.3, 0.4) is 0 Å². The number of aromatic nitrogens is 1. The van der Waals surface area contributed by atoms with Crippen LogP contribution in [0.25, 0.3) is 11.1 Å². The number of para-hydroxylation sites is 1. The molecule has 0 amide bonds. The molecule has 2 aromatic rings. The lowest BCUT2D eigenvalue weighted by Crippen LogP contribution is -2.17. The minimum absolute atomic E-state index is 0. The summed E-state index contributed by atoms with van der Waals surface area (Å²) in [6, 6.07) is 7.55. The summed E-state index contributed by atoms with van der Waals surface area (Å²) < 4.78 is 41.1. The summed E-state index contributed by atoms with van der Waals surface area (Å²) in [5.41, 5.74) is 7.13. The Hall–Kier alpha value is -1.50. The first-order valence-corrected chi connectivity index (χ1v) is 5.49. The third kappa shape index (κ3) is 5.08. The maximum absolute atomic E-state index is 12.4. The molecule has 0 aliphatic carbocycles. The molecule has 2 N–H and O–H groups in total. The van der Waals surface area contributed by atoms with E-state index in [0.29, 0.717) is 16.7 Å². The Morgan fingerprint density at radius 1 is 1.05 bits per heavy atom. The summed E-state index contributed by atoms with van der Waals surface area (Å²) >= 11 is 0. The van der Waals surface area contributed by atoms with Crippen molar-refractivity contribution in [3.05, 3.63) is 48.3 Å². The zero-order chi connectivity index (χ0) is 13.9. The molecule has 21 heavy (non-hydrogen) atoms. The average molecular weight is 341 g/mol. The van der Waals surface area contributed by atoms with E-state index in [1.807, 2.05) is 0 Å². The lowest BCUT2D eigenvalue weighted by molar-refractivity contribution is -0.274. The number of ether oxygens (including phenoxy) is 1. The van der Waals surface area contributed by atoms with Crippen LogP contribution >= 0.6 is 24.8 Å². The maximum Gasteiger partial charge on any atom is 0.573 e. The molecule has 0 saturated heterocycles. The van der Waals surface area contributed by atoms with Crippen molar-refractivity contribution in [1.82, 2.24) is 4.98 Å². The van der Waals surface area contributed by atoms with Gasteiger partial charge < -0.3 is 10.5 Å². The fourth-order valence-corrected chi connectivity index (χ4v) is 1.76. The topological polar surface area (TPSA) is 48.1 Å². The van der Waals surface area contributed by atoms with E-state index in [-0.39, 0.29) is 37.1 Å². The molecule has 0 aliphatic rings. The lowest BCUT2D eigenvalue weighted by atomic mass is 10.0. The van der Waals surface area contributed by atoms with Gasteiger partial charge in [0.25, 0.3) is 0 Å². The van der Waals surface area contributed by atoms with E-state index >= 15 is 0 Å². The van der Waals surface area contributed by atoms with E-state index in [2.05, 4.69) is 9.72 Å². The Morgan fingerprint density at radius 3 is 2.33 bits per heavy atom. The van der Waals surface area contributed by atoms with Gasteiger partial charge in [-0.3, -0.25) is 4.98 Å². The minimum Gasteiger partial charge on any atom is -0.405 e. The van der Waals surface area contributed by atoms with Crippen molar-refractivity contribution in [2.75, 3.05) is 0 Å². The standard InChI is InChI=1S/C13H11F3N2O.2ClH/c14-13(15,16)19-12-4-2-1-3-11(12)10-5-6-18-8-9(10)7-17;;/h1-6,8H,7,17H2;2*1H. The molecule has 8 heteroatoms. The van der Waals surface area contributed by atoms with Gasteiger partial charge in [0, 0.05) is 24.5 Å². The second-order valence-corrected chi connectivity index (χ2v) is 3.78. The van der Waals surface area contributed by atoms with E-state index < -0.39 is 6.36 Å². The highest BCUT2D eigenvalue weighted by Gasteiger charge is 2.32. The lowest BCUT2D eigenvalue weighted by Gasteiger charge is -2.14. The van der Waals surface area contributed by atoms with Crippen molar-refractivity contribution in [3.8, 4) is 16.9 Å². The van der Waals surface area contributed by atoms with Gasteiger partial charge in [0.2, 0.25) is 0 Å². The largest absolute Gasteiger partial charge is 0.573 e. The molecule has 2 rings (SSSR count). The predicted molar refractivity (Wildman–Crippen MR) is 78.7 cm³/mol. The Bertz CT molecular complexity index is 579. The number of nitrogens with two attached hydrogens (primary N) is 1. The van der Waals surface area contributed by atoms with Crippen molar-refractivity contribution in [3.63, 3.8) is 0 Å². The fraction of sp³-hybridized carbons (Fsp3) is 0.154. The highest BCUT2D eigenvalue weighted by Crippen LogP contribution is 2.34. The summed E-state index contributed by atoms with van der Waals surface area (Å²) in [7, 11) is 0. The first-order valence-electron chi connectivity index (χ1n) is 5.49. The zero-order valence-electron chi connectivity index (χ0n) is 10.6. The third-order valence-corrected chi connectivity index (χ3v) is 2.53. The van der Waals surface area contributed by atoms with Crippen LogP contribution in [0.5, 0.6) is 5.75 Å². The van der Waals surface area contributed by atoms with Crippen molar-refractivity contribution < 1.29 is 17.9 Å². The van der Waals surface area contributed by atoms with Gasteiger partial charge in [-0.15, -0.1) is 38.0 Å². The van der Waals surface area contributed by atoms with Gasteiger partial charge in [-0.05, 0) is 23.3 Å². The van der Waals surface area contributed by atoms with Crippen molar-refractivity contribution in [1.29, 1.82) is 0 Å². The number of benzene rings is 1. The number of pyridine rings is 1. The number of hydrogen-bond donors (Lipinski definition) is 1. The first kappa shape index (κ1) is 19.5. The number of halogens is 5. The Labute approximate surface area is 132 Å². The molecule has 116 valence electrons. The van der Waals surface area contributed by atoms with Crippen molar-refractivity contribution in [2.45, 2.75) is 12.9 Å². The molecule has 0 spiro atoms. The summed E-state index contributed by atoms with van der Waals surface area (Å²) in [4.78, 5) is 3.90. The third-order valence-electron chi connectivity index (χ3n) is 2.53. The molecular formula is C13H13Cl2F3N2O. The monoisotopic (exact) mass is 340 g/mol. The average Bonchev–Trinajstić information content (AvgIpc) is 2.37. The Balaban J connectivity index is 0.00000200. The SMILES string of the molecule is Cl.Cl.NCc1cnccc1-c1ccccc1OC(F)(F)F. The molecule has 0 saturated carbocycles. The fourth-order valence-electron chi connectivity index (χ4n) is 1.76. The summed E-state index contributed by atoms with van der Waals surface area (Å²) in [6.07, 6.45) is -1.70. The zero-order valence-corrected chi connectivity index (χ0v) is 12.3. The molecule has 3 nitrogen and oxygen atoms in total. The van der Waals surface area contributed by atoms with Gasteiger partial charge in [0.15, 0.2) is 0 Å². The molecule has 1 heterocycles. The molecule has 1 aromatic heterocycles. The second-order valence-electron chi connectivity index (χ2n) is 3.78. The number of alkyl halides is 3. The quantitative estimate of drug-likeness (QED) is 0.920. The second kappa shape index (κ2) is 8.07. The van der Waals surface area contributed by atoms with Gasteiger partial charge in [-0.2, -0.15) is 0 Å². The van der Waals surface area contributed by atoms with Gasteiger partial charge in [-0.1, -0.05) is 18.2 Å². The maximum atomic E-state index is 12.4. The number of nitrogens with zero attached hydrogens (tertiary/aromatic N) is 1. The van der Waals surface area contributed by atoms with Gasteiger partial charge in [0.05, 0.1) is 0 Å². The van der Waals surface area contributed by atoms with Gasteiger partial charge in [-0.25, -0.2) is 0 Å². The highest BCUT2D eigenvalue weighted by molar-refractivity contribution is 5.85. The molecular weight excluding hydrogens is 328 g/mol. The van der Waals surface area contributed by atoms with Crippen LogP contribution in [0.4, 0.5) is 13.2 Å². The van der Waals surface area contributed by atoms with Crippen LogP contribution in [0, 0.1) is 0 Å². The normalized spacial score (nSPS) is 10.3. The number of hydrogen-bond acceptors (Lipinski definition) is 3. The summed E-state index contributed by atoms with van der Waals surface area (Å²) in [6.45, 7) is 0.184. The minimum atomic E-state index is -4.73. The smallest absolute Gasteiger partial charge is 0.405 e. The van der Waals surface area contributed by atoms with Crippen LogP contribution in [-0.2, 0) is 6.54 Å². The molecule has 0 bridgehead atoms. The van der Waals surface area contributed by atoms with E-state index in [0.717, 1.165) is 0 Å².